The van der Waals surface area contributed by atoms with Crippen LogP contribution in [0.4, 0.5) is 0 Å². The lowest BCUT2D eigenvalue weighted by atomic mass is 9.96. The molecule has 3 aromatic carbocycles. The first-order valence-electron chi connectivity index (χ1n) is 10.5. The van der Waals surface area contributed by atoms with Crippen molar-refractivity contribution in [3.8, 4) is 11.1 Å². The van der Waals surface area contributed by atoms with Gasteiger partial charge in [0.25, 0.3) is 5.91 Å². The van der Waals surface area contributed by atoms with E-state index in [-0.39, 0.29) is 11.8 Å². The molecule has 0 aliphatic rings. The van der Waals surface area contributed by atoms with Crippen LogP contribution in [0.15, 0.2) is 72.8 Å². The van der Waals surface area contributed by atoms with Crippen molar-refractivity contribution in [1.29, 1.82) is 0 Å². The Balaban J connectivity index is 1.67. The van der Waals surface area contributed by atoms with Crippen LogP contribution in [0, 0.1) is 0 Å². The minimum absolute atomic E-state index is 0.175. The number of para-hydroxylation sites is 1. The minimum Gasteiger partial charge on any atom is -0.339 e. The van der Waals surface area contributed by atoms with Gasteiger partial charge < -0.3 is 14.7 Å². The van der Waals surface area contributed by atoms with Gasteiger partial charge in [-0.05, 0) is 35.7 Å². The molecule has 2 unspecified atom stereocenters. The Hall–Kier alpha value is -3.05. The summed E-state index contributed by atoms with van der Waals surface area (Å²) in [4.78, 5) is 27.3. The highest BCUT2D eigenvalue weighted by molar-refractivity contribution is 7.52. The van der Waals surface area contributed by atoms with Gasteiger partial charge in [-0.2, -0.15) is 0 Å². The van der Waals surface area contributed by atoms with E-state index in [0.717, 1.165) is 27.3 Å². The molecule has 6 nitrogen and oxygen atoms in total. The predicted octanol–water partition coefficient (Wildman–Crippen LogP) is 5.74. The second-order valence-corrected chi connectivity index (χ2v) is 9.53. The summed E-state index contributed by atoms with van der Waals surface area (Å²) in [5.74, 6) is -0.526. The number of nitrogens with zero attached hydrogens (tertiary/aromatic N) is 1. The van der Waals surface area contributed by atoms with Crippen LogP contribution in [0.5, 0.6) is 0 Å². The van der Waals surface area contributed by atoms with E-state index in [1.807, 2.05) is 55.5 Å². The lowest BCUT2D eigenvalue weighted by Crippen LogP contribution is -2.26. The normalized spacial score (nSPS) is 14.2. The topological polar surface area (TPSA) is 88.5 Å². The Kier molecular flexibility index (Phi) is 6.38. The number of amides is 1. The molecule has 4 aromatic rings. The maximum atomic E-state index is 12.7. The lowest BCUT2D eigenvalue weighted by Gasteiger charge is -2.17. The molecule has 0 bridgehead atoms. The largest absolute Gasteiger partial charge is 0.347 e. The Morgan fingerprint density at radius 1 is 1.00 bits per heavy atom. The molecule has 2 atom stereocenters. The van der Waals surface area contributed by atoms with Gasteiger partial charge in [0.1, 0.15) is 12.0 Å². The zero-order valence-electron chi connectivity index (χ0n) is 18.0. The summed E-state index contributed by atoms with van der Waals surface area (Å²) in [6.45, 7) is 3.57. The van der Waals surface area contributed by atoms with E-state index in [0.29, 0.717) is 11.9 Å². The summed E-state index contributed by atoms with van der Waals surface area (Å²) >= 11 is 0. The Bertz CT molecular complexity index is 1330. The van der Waals surface area contributed by atoms with Crippen LogP contribution in [-0.2, 0) is 9.09 Å². The zero-order valence-corrected chi connectivity index (χ0v) is 18.9. The molecule has 0 saturated carbocycles. The van der Waals surface area contributed by atoms with Crippen LogP contribution in [0.25, 0.3) is 32.8 Å². The molecule has 7 heteroatoms. The average Bonchev–Trinajstić information content (AvgIpc) is 2.81. The number of benzene rings is 3. The monoisotopic (exact) mass is 448 g/mol. The first-order valence-corrected chi connectivity index (χ1v) is 12.3. The summed E-state index contributed by atoms with van der Waals surface area (Å²) in [6.07, 6.45) is -0.243. The third-order valence-corrected chi connectivity index (χ3v) is 6.64. The predicted molar refractivity (Wildman–Crippen MR) is 128 cm³/mol. The Labute approximate surface area is 186 Å². The van der Waals surface area contributed by atoms with Gasteiger partial charge in [-0.25, -0.2) is 4.98 Å². The minimum atomic E-state index is -3.93. The van der Waals surface area contributed by atoms with Crippen LogP contribution < -0.4 is 5.32 Å². The molecule has 4 rings (SSSR count). The van der Waals surface area contributed by atoms with E-state index in [9.17, 15) is 14.3 Å². The third-order valence-electron chi connectivity index (χ3n) is 5.39. The quantitative estimate of drug-likeness (QED) is 0.352. The number of carbonyl (C=O) groups is 1. The van der Waals surface area contributed by atoms with Crippen molar-refractivity contribution in [1.82, 2.24) is 10.3 Å². The first kappa shape index (κ1) is 22.2. The van der Waals surface area contributed by atoms with Gasteiger partial charge in [0.05, 0.1) is 11.6 Å². The summed E-state index contributed by atoms with van der Waals surface area (Å²) in [6, 6.07) is 23.6. The molecule has 0 saturated heterocycles. The summed E-state index contributed by atoms with van der Waals surface area (Å²) < 4.78 is 17.3. The van der Waals surface area contributed by atoms with Crippen molar-refractivity contribution in [2.24, 2.45) is 0 Å². The summed E-state index contributed by atoms with van der Waals surface area (Å²) in [7, 11) is -3.93. The molecule has 1 amide bonds. The standard InChI is InChI=1S/C25H25N2O4P/c1-3-17(2)31-32(29,30)16-26-25(28)23-15-14-19-10-7-13-22(24(19)27-23)21-12-6-9-18-8-4-5-11-20(18)21/h4-15,17H,3,16H2,1-2H3,(H,26,28)(H,29,30). The van der Waals surface area contributed by atoms with Gasteiger partial charge >= 0.3 is 7.60 Å². The fourth-order valence-corrected chi connectivity index (χ4v) is 4.74. The molecule has 0 spiro atoms. The van der Waals surface area contributed by atoms with Crippen molar-refractivity contribution in [3.05, 3.63) is 78.5 Å². The van der Waals surface area contributed by atoms with E-state index in [4.69, 9.17) is 4.52 Å². The molecule has 1 heterocycles. The van der Waals surface area contributed by atoms with Gasteiger partial charge in [-0.3, -0.25) is 9.36 Å². The lowest BCUT2D eigenvalue weighted by molar-refractivity contribution is 0.0948. The molecule has 1 aromatic heterocycles. The smallest absolute Gasteiger partial charge is 0.339 e. The summed E-state index contributed by atoms with van der Waals surface area (Å²) in [5, 5.41) is 5.61. The zero-order chi connectivity index (χ0) is 22.7. The average molecular weight is 448 g/mol. The molecule has 0 fully saturated rings. The number of nitrogens with one attached hydrogen (secondary N) is 1. The van der Waals surface area contributed by atoms with Gasteiger partial charge in [0.2, 0.25) is 0 Å². The number of hydrogen-bond donors (Lipinski definition) is 2. The van der Waals surface area contributed by atoms with Crippen molar-refractivity contribution in [2.75, 3.05) is 6.29 Å². The van der Waals surface area contributed by atoms with Crippen LogP contribution in [0.2, 0.25) is 0 Å². The second-order valence-electron chi connectivity index (χ2n) is 7.73. The SMILES string of the molecule is CCC(C)OP(=O)(O)CNC(=O)c1ccc2cccc(-c3cccc4ccccc34)c2n1. The molecular weight excluding hydrogens is 423 g/mol. The van der Waals surface area contributed by atoms with E-state index in [1.165, 1.54) is 0 Å². The molecular formula is C25H25N2O4P. The highest BCUT2D eigenvalue weighted by atomic mass is 31.2. The van der Waals surface area contributed by atoms with Crippen molar-refractivity contribution in [3.63, 3.8) is 0 Å². The molecule has 0 aliphatic heterocycles. The number of hydrogen-bond acceptors (Lipinski definition) is 4. The maximum absolute atomic E-state index is 12.7. The second kappa shape index (κ2) is 9.21. The van der Waals surface area contributed by atoms with Crippen LogP contribution in [-0.4, -0.2) is 28.2 Å². The highest BCUT2D eigenvalue weighted by Crippen LogP contribution is 2.42. The van der Waals surface area contributed by atoms with Crippen molar-refractivity contribution < 1.29 is 18.8 Å². The molecule has 0 aliphatic carbocycles. The molecule has 2 N–H and O–H groups in total. The number of carbonyl (C=O) groups excluding carboxylic acids is 1. The van der Waals surface area contributed by atoms with E-state index in [2.05, 4.69) is 28.5 Å². The fourth-order valence-electron chi connectivity index (χ4n) is 3.61. The first-order chi connectivity index (χ1) is 15.4. The van der Waals surface area contributed by atoms with Crippen molar-refractivity contribution >= 4 is 35.2 Å². The van der Waals surface area contributed by atoms with Crippen molar-refractivity contribution in [2.45, 2.75) is 26.4 Å². The molecule has 32 heavy (non-hydrogen) atoms. The van der Waals surface area contributed by atoms with Gasteiger partial charge in [-0.1, -0.05) is 73.7 Å². The van der Waals surface area contributed by atoms with E-state index in [1.54, 1.807) is 13.0 Å². The Morgan fingerprint density at radius 2 is 1.69 bits per heavy atom. The number of aromatic nitrogens is 1. The third kappa shape index (κ3) is 4.73. The highest BCUT2D eigenvalue weighted by Gasteiger charge is 2.23. The number of rotatable bonds is 7. The number of fused-ring (bicyclic) bond motifs is 2. The molecule has 164 valence electrons. The summed E-state index contributed by atoms with van der Waals surface area (Å²) in [5.41, 5.74) is 2.82. The number of pyridine rings is 1. The van der Waals surface area contributed by atoms with Gasteiger partial charge in [-0.15, -0.1) is 0 Å². The van der Waals surface area contributed by atoms with Gasteiger partial charge in [0.15, 0.2) is 0 Å². The maximum Gasteiger partial charge on any atom is 0.347 e. The fraction of sp³-hybridized carbons (Fsp3) is 0.200. The van der Waals surface area contributed by atoms with E-state index >= 15 is 0 Å². The van der Waals surface area contributed by atoms with E-state index < -0.39 is 19.8 Å². The Morgan fingerprint density at radius 3 is 2.47 bits per heavy atom. The van der Waals surface area contributed by atoms with Crippen LogP contribution >= 0.6 is 7.60 Å². The molecule has 0 radical (unpaired) electrons. The van der Waals surface area contributed by atoms with Gasteiger partial charge in [0, 0.05) is 10.9 Å². The van der Waals surface area contributed by atoms with Crippen LogP contribution in [0.1, 0.15) is 30.8 Å². The van der Waals surface area contributed by atoms with Crippen LogP contribution in [0.3, 0.4) is 0 Å².